The van der Waals surface area contributed by atoms with Crippen molar-refractivity contribution in [3.63, 3.8) is 0 Å². The molecule has 35 heavy (non-hydrogen) atoms. The maximum Gasteiger partial charge on any atom is 0.217 e. The molecule has 2 aromatic rings. The molecule has 0 aliphatic heterocycles. The van der Waals surface area contributed by atoms with Gasteiger partial charge in [-0.05, 0) is 60.4 Å². The molecule has 3 rings (SSSR count). The van der Waals surface area contributed by atoms with Gasteiger partial charge in [0.2, 0.25) is 11.7 Å². The predicted octanol–water partition coefficient (Wildman–Crippen LogP) is 4.87. The second-order valence-corrected chi connectivity index (χ2v) is 16.0. The SMILES string of the molecule is C[Si](C)(C)CCOCn1cc(C#N)nc1C(=O)Cc1ccc(CCC(N)=O)cc1C1=CCCCC1. The molecule has 1 heterocycles. The topological polar surface area (TPSA) is 111 Å². The minimum absolute atomic E-state index is 0.150. The minimum Gasteiger partial charge on any atom is -0.370 e. The van der Waals surface area contributed by atoms with E-state index >= 15 is 0 Å². The Labute approximate surface area is 209 Å². The smallest absolute Gasteiger partial charge is 0.217 e. The van der Waals surface area contributed by atoms with Crippen LogP contribution in [-0.2, 0) is 29.1 Å². The molecule has 1 aromatic heterocycles. The van der Waals surface area contributed by atoms with E-state index in [1.165, 1.54) is 12.0 Å². The van der Waals surface area contributed by atoms with Gasteiger partial charge in [0.1, 0.15) is 12.8 Å². The molecule has 0 bridgehead atoms. The first-order valence-electron chi connectivity index (χ1n) is 12.3. The van der Waals surface area contributed by atoms with Crippen molar-refractivity contribution in [3.8, 4) is 6.07 Å². The van der Waals surface area contributed by atoms with Crippen LogP contribution >= 0.6 is 0 Å². The van der Waals surface area contributed by atoms with Crippen LogP contribution in [0.15, 0.2) is 30.5 Å². The largest absolute Gasteiger partial charge is 0.370 e. The third-order valence-electron chi connectivity index (χ3n) is 6.19. The van der Waals surface area contributed by atoms with Crippen LogP contribution in [0.1, 0.15) is 65.1 Å². The molecule has 1 aliphatic carbocycles. The first-order chi connectivity index (χ1) is 16.7. The lowest BCUT2D eigenvalue weighted by Crippen LogP contribution is -2.22. The number of Topliss-reactive ketones (excluding diaryl/α,β-unsaturated/α-hetero) is 1. The van der Waals surface area contributed by atoms with Crippen LogP contribution < -0.4 is 5.73 Å². The van der Waals surface area contributed by atoms with Gasteiger partial charge in [-0.25, -0.2) is 4.98 Å². The molecule has 0 radical (unpaired) electrons. The van der Waals surface area contributed by atoms with Gasteiger partial charge in [-0.1, -0.05) is 43.9 Å². The molecule has 0 unspecified atom stereocenters. The summed E-state index contributed by atoms with van der Waals surface area (Å²) in [5.74, 6) is -0.228. The molecule has 0 atom stereocenters. The lowest BCUT2D eigenvalue weighted by Gasteiger charge is -2.18. The van der Waals surface area contributed by atoms with Crippen molar-refractivity contribution < 1.29 is 14.3 Å². The van der Waals surface area contributed by atoms with E-state index in [4.69, 9.17) is 10.5 Å². The fraction of sp³-hybridized carbons (Fsp3) is 0.481. The molecule has 0 spiro atoms. The Morgan fingerprint density at radius 2 is 2.06 bits per heavy atom. The highest BCUT2D eigenvalue weighted by atomic mass is 28.3. The average molecular weight is 493 g/mol. The van der Waals surface area contributed by atoms with Gasteiger partial charge in [0, 0.05) is 33.7 Å². The highest BCUT2D eigenvalue weighted by Crippen LogP contribution is 2.31. The summed E-state index contributed by atoms with van der Waals surface area (Å²) in [6.45, 7) is 7.68. The van der Waals surface area contributed by atoms with Gasteiger partial charge in [-0.2, -0.15) is 5.26 Å². The normalized spacial score (nSPS) is 13.8. The number of imidazole rings is 1. The van der Waals surface area contributed by atoms with Crippen molar-refractivity contribution >= 4 is 25.3 Å². The number of amides is 1. The number of primary amides is 1. The van der Waals surface area contributed by atoms with Gasteiger partial charge in [-0.3, -0.25) is 9.59 Å². The Morgan fingerprint density at radius 3 is 2.71 bits per heavy atom. The van der Waals surface area contributed by atoms with Crippen LogP contribution in [-0.4, -0.2) is 35.9 Å². The number of rotatable bonds is 12. The molecule has 186 valence electrons. The third-order valence-corrected chi connectivity index (χ3v) is 7.89. The number of benzene rings is 1. The zero-order valence-corrected chi connectivity index (χ0v) is 22.1. The van der Waals surface area contributed by atoms with E-state index in [9.17, 15) is 14.9 Å². The van der Waals surface area contributed by atoms with Crippen molar-refractivity contribution in [1.82, 2.24) is 9.55 Å². The second-order valence-electron chi connectivity index (χ2n) is 10.4. The molecule has 1 aliphatic rings. The maximum atomic E-state index is 13.4. The number of ketones is 1. The standard InChI is InChI=1S/C27H36N4O3Si/c1-35(2,3)14-13-34-19-31-18-23(17-28)30-27(31)25(32)16-22-11-9-20(10-12-26(29)33)15-24(22)21-7-5-4-6-8-21/h7,9,11,15,18H,4-6,8,10,12-14,16,19H2,1-3H3,(H2,29,33). The van der Waals surface area contributed by atoms with Crippen LogP contribution in [0.5, 0.6) is 0 Å². The Hall–Kier alpha value is -3.02. The van der Waals surface area contributed by atoms with E-state index in [-0.39, 0.29) is 36.4 Å². The Bertz CT molecular complexity index is 1140. The quantitative estimate of drug-likeness (QED) is 0.258. The number of ether oxygens (including phenoxy) is 1. The number of hydrogen-bond acceptors (Lipinski definition) is 5. The number of carbonyl (C=O) groups is 2. The predicted molar refractivity (Wildman–Crippen MR) is 139 cm³/mol. The highest BCUT2D eigenvalue weighted by molar-refractivity contribution is 6.76. The summed E-state index contributed by atoms with van der Waals surface area (Å²) in [7, 11) is -1.22. The van der Waals surface area contributed by atoms with Crippen molar-refractivity contribution in [2.45, 2.75) is 77.4 Å². The van der Waals surface area contributed by atoms with Gasteiger partial charge in [0.15, 0.2) is 11.5 Å². The van der Waals surface area contributed by atoms with E-state index in [0.717, 1.165) is 42.0 Å². The van der Waals surface area contributed by atoms with Gasteiger partial charge in [0.05, 0.1) is 0 Å². The number of nitriles is 1. The number of allylic oxidation sites excluding steroid dienone is 2. The number of aromatic nitrogens is 2. The summed E-state index contributed by atoms with van der Waals surface area (Å²) in [5.41, 5.74) is 9.81. The zero-order chi connectivity index (χ0) is 25.4. The molecular formula is C27H36N4O3Si. The monoisotopic (exact) mass is 492 g/mol. The number of nitrogens with zero attached hydrogens (tertiary/aromatic N) is 3. The molecule has 8 heteroatoms. The molecule has 7 nitrogen and oxygen atoms in total. The van der Waals surface area contributed by atoms with Crippen LogP contribution in [0.3, 0.4) is 0 Å². The maximum absolute atomic E-state index is 13.4. The average Bonchev–Trinajstić information content (AvgIpc) is 3.24. The summed E-state index contributed by atoms with van der Waals surface area (Å²) in [5, 5.41) is 9.35. The van der Waals surface area contributed by atoms with Gasteiger partial charge in [0.25, 0.3) is 0 Å². The van der Waals surface area contributed by atoms with Crippen molar-refractivity contribution in [3.05, 3.63) is 58.7 Å². The van der Waals surface area contributed by atoms with E-state index in [2.05, 4.69) is 36.8 Å². The number of hydrogen-bond donors (Lipinski definition) is 1. The lowest BCUT2D eigenvalue weighted by molar-refractivity contribution is -0.117. The second kappa shape index (κ2) is 12.1. The van der Waals surface area contributed by atoms with Gasteiger partial charge in [-0.15, -0.1) is 0 Å². The summed E-state index contributed by atoms with van der Waals surface area (Å²) in [6, 6.07) is 9.09. The van der Waals surface area contributed by atoms with Crippen molar-refractivity contribution in [2.75, 3.05) is 6.61 Å². The van der Waals surface area contributed by atoms with E-state index in [1.54, 1.807) is 10.8 Å². The molecule has 0 saturated heterocycles. The Balaban J connectivity index is 1.82. The molecule has 2 N–H and O–H groups in total. The third kappa shape index (κ3) is 8.01. The summed E-state index contributed by atoms with van der Waals surface area (Å²) in [4.78, 5) is 28.9. The van der Waals surface area contributed by atoms with E-state index in [1.807, 2.05) is 18.2 Å². The van der Waals surface area contributed by atoms with Gasteiger partial charge >= 0.3 is 0 Å². The number of aryl methyl sites for hydroxylation is 1. The van der Waals surface area contributed by atoms with Crippen LogP contribution in [0.25, 0.3) is 5.57 Å². The Morgan fingerprint density at radius 1 is 1.26 bits per heavy atom. The first-order valence-corrected chi connectivity index (χ1v) is 16.0. The van der Waals surface area contributed by atoms with Crippen LogP contribution in [0, 0.1) is 11.3 Å². The zero-order valence-electron chi connectivity index (χ0n) is 21.1. The van der Waals surface area contributed by atoms with Crippen LogP contribution in [0.2, 0.25) is 25.7 Å². The fourth-order valence-electron chi connectivity index (χ4n) is 4.17. The fourth-order valence-corrected chi connectivity index (χ4v) is 4.92. The van der Waals surface area contributed by atoms with Crippen molar-refractivity contribution in [2.24, 2.45) is 5.73 Å². The summed E-state index contributed by atoms with van der Waals surface area (Å²) in [6.07, 6.45) is 9.18. The number of nitrogens with two attached hydrogens (primary N) is 1. The molecule has 0 saturated carbocycles. The van der Waals surface area contributed by atoms with Crippen molar-refractivity contribution in [1.29, 1.82) is 5.26 Å². The molecule has 0 fully saturated rings. The van der Waals surface area contributed by atoms with Crippen LogP contribution in [0.4, 0.5) is 0 Å². The highest BCUT2D eigenvalue weighted by Gasteiger charge is 2.20. The van der Waals surface area contributed by atoms with E-state index < -0.39 is 8.07 Å². The number of carbonyl (C=O) groups excluding carboxylic acids is 2. The summed E-state index contributed by atoms with van der Waals surface area (Å²) < 4.78 is 7.47. The van der Waals surface area contributed by atoms with E-state index in [0.29, 0.717) is 19.4 Å². The first kappa shape index (κ1) is 26.6. The Kier molecular flexibility index (Phi) is 9.18. The minimum atomic E-state index is -1.22. The molecular weight excluding hydrogens is 456 g/mol. The van der Waals surface area contributed by atoms with Gasteiger partial charge < -0.3 is 15.0 Å². The lowest BCUT2D eigenvalue weighted by atomic mass is 9.87. The molecule has 1 aromatic carbocycles. The summed E-state index contributed by atoms with van der Waals surface area (Å²) >= 11 is 0. The molecule has 1 amide bonds.